The maximum atomic E-state index is 9.13. The van der Waals surface area contributed by atoms with Gasteiger partial charge in [-0.05, 0) is 48.6 Å². The fraction of sp³-hybridized carbons (Fsp3) is 0.600. The highest BCUT2D eigenvalue weighted by Crippen LogP contribution is 2.48. The van der Waals surface area contributed by atoms with Gasteiger partial charge in [-0.25, -0.2) is 0 Å². The first-order chi connectivity index (χ1) is 5.74. The van der Waals surface area contributed by atoms with Gasteiger partial charge in [-0.2, -0.15) is 0 Å². The molecule has 1 aliphatic carbocycles. The fourth-order valence-corrected chi connectivity index (χ4v) is 2.57. The van der Waals surface area contributed by atoms with Gasteiger partial charge < -0.3 is 5.11 Å². The van der Waals surface area contributed by atoms with E-state index < -0.39 is 0 Å². The van der Waals surface area contributed by atoms with Crippen LogP contribution >= 0.6 is 11.3 Å². The predicted molar refractivity (Wildman–Crippen MR) is 51.5 cm³/mol. The molecule has 1 aliphatic rings. The van der Waals surface area contributed by atoms with E-state index in [4.69, 9.17) is 5.11 Å². The lowest BCUT2D eigenvalue weighted by Crippen LogP contribution is -2.08. The van der Waals surface area contributed by atoms with Crippen LogP contribution in [0.4, 0.5) is 0 Å². The van der Waals surface area contributed by atoms with Gasteiger partial charge >= 0.3 is 0 Å². The fourth-order valence-electron chi connectivity index (χ4n) is 1.52. The highest BCUT2D eigenvalue weighted by Gasteiger charge is 2.41. The molecule has 0 radical (unpaired) electrons. The number of aliphatic hydroxyl groups excluding tert-OH is 1. The van der Waals surface area contributed by atoms with Gasteiger partial charge in [-0.15, -0.1) is 11.3 Å². The van der Waals surface area contributed by atoms with E-state index in [9.17, 15) is 0 Å². The summed E-state index contributed by atoms with van der Waals surface area (Å²) in [6.45, 7) is 2.49. The summed E-state index contributed by atoms with van der Waals surface area (Å²) < 4.78 is 0. The molecule has 66 valence electrons. The van der Waals surface area contributed by atoms with Crippen LogP contribution in [0.5, 0.6) is 0 Å². The smallest absolute Gasteiger partial charge is 0.0490 e. The van der Waals surface area contributed by atoms with Crippen molar-refractivity contribution in [3.05, 3.63) is 21.9 Å². The lowest BCUT2D eigenvalue weighted by Gasteiger charge is -2.08. The largest absolute Gasteiger partial charge is 0.396 e. The zero-order valence-corrected chi connectivity index (χ0v) is 8.16. The molecule has 12 heavy (non-hydrogen) atoms. The Hall–Kier alpha value is -0.340. The van der Waals surface area contributed by atoms with Crippen LogP contribution in [0.3, 0.4) is 0 Å². The average molecular weight is 182 g/mol. The summed E-state index contributed by atoms with van der Waals surface area (Å²) in [7, 11) is 0. The Kier molecular flexibility index (Phi) is 1.97. The summed E-state index contributed by atoms with van der Waals surface area (Å²) in [6.07, 6.45) is 3.50. The Bertz CT molecular complexity index is 273. The van der Waals surface area contributed by atoms with Gasteiger partial charge in [-0.3, -0.25) is 0 Å². The van der Waals surface area contributed by atoms with Crippen molar-refractivity contribution in [2.75, 3.05) is 6.61 Å². The van der Waals surface area contributed by atoms with E-state index in [0.717, 1.165) is 6.42 Å². The van der Waals surface area contributed by atoms with Crippen molar-refractivity contribution in [3.8, 4) is 0 Å². The molecular formula is C10H14OS. The third-order valence-corrected chi connectivity index (χ3v) is 3.68. The normalized spacial score (nSPS) is 19.5. The van der Waals surface area contributed by atoms with Crippen LogP contribution in [0.25, 0.3) is 0 Å². The molecule has 1 fully saturated rings. The number of aliphatic hydroxyl groups is 1. The molecule has 1 aromatic rings. The van der Waals surface area contributed by atoms with Crippen molar-refractivity contribution in [2.24, 2.45) is 5.41 Å². The molecule has 1 aromatic heterocycles. The van der Waals surface area contributed by atoms with Crippen molar-refractivity contribution in [1.82, 2.24) is 0 Å². The first-order valence-corrected chi connectivity index (χ1v) is 5.27. The van der Waals surface area contributed by atoms with Crippen LogP contribution in [0.1, 0.15) is 23.3 Å². The Morgan fingerprint density at radius 3 is 2.75 bits per heavy atom. The molecule has 0 unspecified atom stereocenters. The molecule has 2 rings (SSSR count). The number of thiophene rings is 1. The molecular weight excluding hydrogens is 168 g/mol. The first kappa shape index (κ1) is 8.27. The zero-order chi connectivity index (χ0) is 8.60. The molecule has 0 aliphatic heterocycles. The molecule has 2 heteroatoms. The summed E-state index contributed by atoms with van der Waals surface area (Å²) in [6, 6.07) is 2.24. The van der Waals surface area contributed by atoms with E-state index in [1.54, 1.807) is 0 Å². The van der Waals surface area contributed by atoms with Crippen LogP contribution in [0.2, 0.25) is 0 Å². The van der Waals surface area contributed by atoms with Crippen LogP contribution < -0.4 is 0 Å². The van der Waals surface area contributed by atoms with Crippen molar-refractivity contribution >= 4 is 11.3 Å². The minimum atomic E-state index is 0.275. The number of hydrogen-bond acceptors (Lipinski definition) is 2. The van der Waals surface area contributed by atoms with E-state index in [-0.39, 0.29) is 5.41 Å². The lowest BCUT2D eigenvalue weighted by molar-refractivity contribution is 0.212. The summed E-state index contributed by atoms with van der Waals surface area (Å²) in [4.78, 5) is 1.43. The molecule has 0 amide bonds. The van der Waals surface area contributed by atoms with Crippen molar-refractivity contribution in [2.45, 2.75) is 26.2 Å². The van der Waals surface area contributed by atoms with Gasteiger partial charge in [-0.1, -0.05) is 0 Å². The van der Waals surface area contributed by atoms with Crippen molar-refractivity contribution in [1.29, 1.82) is 0 Å². The third-order valence-electron chi connectivity index (χ3n) is 2.63. The minimum absolute atomic E-state index is 0.275. The average Bonchev–Trinajstić information content (AvgIpc) is 2.71. The number of aryl methyl sites for hydroxylation is 1. The monoisotopic (exact) mass is 182 g/mol. The Morgan fingerprint density at radius 2 is 2.33 bits per heavy atom. The molecule has 0 spiro atoms. The van der Waals surface area contributed by atoms with Gasteiger partial charge in [0.2, 0.25) is 0 Å². The second-order valence-corrected chi connectivity index (χ2v) is 4.92. The Morgan fingerprint density at radius 1 is 1.58 bits per heavy atom. The summed E-state index contributed by atoms with van der Waals surface area (Å²) in [5.41, 5.74) is 1.63. The molecule has 1 saturated carbocycles. The molecule has 1 nitrogen and oxygen atoms in total. The highest BCUT2D eigenvalue weighted by molar-refractivity contribution is 7.10. The van der Waals surface area contributed by atoms with Crippen LogP contribution in [0.15, 0.2) is 11.4 Å². The predicted octanol–water partition coefficient (Wildman–Crippen LogP) is 2.37. The Labute approximate surface area is 77.0 Å². The molecule has 0 bridgehead atoms. The summed E-state index contributed by atoms with van der Waals surface area (Å²) in [5.74, 6) is 0. The molecule has 0 atom stereocenters. The van der Waals surface area contributed by atoms with Gasteiger partial charge in [0, 0.05) is 11.5 Å². The van der Waals surface area contributed by atoms with Gasteiger partial charge in [0.1, 0.15) is 0 Å². The Balaban J connectivity index is 2.04. The molecule has 1 N–H and O–H groups in total. The molecule has 0 aromatic carbocycles. The highest BCUT2D eigenvalue weighted by atomic mass is 32.1. The molecule has 0 saturated heterocycles. The second kappa shape index (κ2) is 2.86. The third kappa shape index (κ3) is 1.54. The first-order valence-electron chi connectivity index (χ1n) is 4.39. The van der Waals surface area contributed by atoms with Crippen LogP contribution in [-0.2, 0) is 6.42 Å². The quantitative estimate of drug-likeness (QED) is 0.761. The van der Waals surface area contributed by atoms with E-state index in [1.165, 1.54) is 23.3 Å². The summed E-state index contributed by atoms with van der Waals surface area (Å²) >= 11 is 1.82. The minimum Gasteiger partial charge on any atom is -0.396 e. The van der Waals surface area contributed by atoms with E-state index in [1.807, 2.05) is 11.3 Å². The van der Waals surface area contributed by atoms with E-state index in [0.29, 0.717) is 6.61 Å². The zero-order valence-electron chi connectivity index (χ0n) is 7.34. The van der Waals surface area contributed by atoms with Gasteiger partial charge in [0.25, 0.3) is 0 Å². The SMILES string of the molecule is Cc1csc(CC2(CO)CC2)c1. The standard InChI is InChI=1S/C10H14OS/c1-8-4-9(12-6-8)5-10(7-11)2-3-10/h4,6,11H,2-3,5,7H2,1H3. The van der Waals surface area contributed by atoms with Gasteiger partial charge in [0.15, 0.2) is 0 Å². The van der Waals surface area contributed by atoms with E-state index >= 15 is 0 Å². The van der Waals surface area contributed by atoms with Crippen molar-refractivity contribution < 1.29 is 5.11 Å². The maximum Gasteiger partial charge on any atom is 0.0490 e. The van der Waals surface area contributed by atoms with Crippen LogP contribution in [-0.4, -0.2) is 11.7 Å². The van der Waals surface area contributed by atoms with E-state index in [2.05, 4.69) is 18.4 Å². The summed E-state index contributed by atoms with van der Waals surface area (Å²) in [5, 5.41) is 11.3. The lowest BCUT2D eigenvalue weighted by atomic mass is 10.0. The maximum absolute atomic E-state index is 9.13. The molecule has 1 heterocycles. The topological polar surface area (TPSA) is 20.2 Å². The number of rotatable bonds is 3. The van der Waals surface area contributed by atoms with Crippen LogP contribution in [0, 0.1) is 12.3 Å². The number of hydrogen-bond donors (Lipinski definition) is 1. The van der Waals surface area contributed by atoms with Gasteiger partial charge in [0.05, 0.1) is 0 Å². The van der Waals surface area contributed by atoms with Crippen molar-refractivity contribution in [3.63, 3.8) is 0 Å². The second-order valence-electron chi connectivity index (χ2n) is 3.93.